The van der Waals surface area contributed by atoms with Crippen molar-refractivity contribution in [1.29, 1.82) is 0 Å². The summed E-state index contributed by atoms with van der Waals surface area (Å²) in [6.45, 7) is 4.86. The van der Waals surface area contributed by atoms with Crippen LogP contribution in [0.4, 0.5) is 0 Å². The number of methoxy groups -OCH3 is 1. The van der Waals surface area contributed by atoms with Gasteiger partial charge in [-0.05, 0) is 18.9 Å². The van der Waals surface area contributed by atoms with E-state index in [9.17, 15) is 9.59 Å². The molecule has 6 nitrogen and oxygen atoms in total. The van der Waals surface area contributed by atoms with Crippen LogP contribution in [0.1, 0.15) is 18.9 Å². The van der Waals surface area contributed by atoms with E-state index >= 15 is 0 Å². The molecule has 0 amide bonds. The molecule has 1 unspecified atom stereocenters. The second-order valence-electron chi connectivity index (χ2n) is 5.21. The van der Waals surface area contributed by atoms with E-state index in [0.717, 1.165) is 12.7 Å². The summed E-state index contributed by atoms with van der Waals surface area (Å²) in [5.74, 6) is -1.69. The van der Waals surface area contributed by atoms with Gasteiger partial charge in [-0.15, -0.1) is 6.58 Å². The molecule has 0 aromatic heterocycles. The number of carbonyl (C=O) groups is 2. The normalized spacial score (nSPS) is 13.8. The Labute approximate surface area is 130 Å². The van der Waals surface area contributed by atoms with Gasteiger partial charge in [0.15, 0.2) is 5.41 Å². The van der Waals surface area contributed by atoms with Gasteiger partial charge >= 0.3 is 11.9 Å². The van der Waals surface area contributed by atoms with Crippen molar-refractivity contribution in [1.82, 2.24) is 0 Å². The van der Waals surface area contributed by atoms with Gasteiger partial charge < -0.3 is 20.9 Å². The molecular formula is C16H22N2O4. The van der Waals surface area contributed by atoms with Gasteiger partial charge in [-0.3, -0.25) is 9.59 Å². The van der Waals surface area contributed by atoms with Crippen LogP contribution in [0.15, 0.2) is 43.0 Å². The van der Waals surface area contributed by atoms with E-state index in [-0.39, 0.29) is 13.0 Å². The minimum atomic E-state index is -1.84. The summed E-state index contributed by atoms with van der Waals surface area (Å²) >= 11 is 0. The lowest BCUT2D eigenvalue weighted by Crippen LogP contribution is -2.67. The second-order valence-corrected chi connectivity index (χ2v) is 5.21. The number of hydrogen-bond acceptors (Lipinski definition) is 6. The molecule has 4 N–H and O–H groups in total. The molecule has 1 aromatic carbocycles. The lowest BCUT2D eigenvalue weighted by atomic mass is 9.75. The van der Waals surface area contributed by atoms with Crippen LogP contribution in [0.3, 0.4) is 0 Å². The molecule has 0 bridgehead atoms. The van der Waals surface area contributed by atoms with Crippen LogP contribution >= 0.6 is 0 Å². The zero-order valence-electron chi connectivity index (χ0n) is 12.9. The first-order valence-electron chi connectivity index (χ1n) is 6.78. The van der Waals surface area contributed by atoms with E-state index in [1.807, 2.05) is 18.2 Å². The molecule has 0 aliphatic carbocycles. The molecule has 1 atom stereocenters. The van der Waals surface area contributed by atoms with Crippen LogP contribution in [0, 0.1) is 5.41 Å². The highest BCUT2D eigenvalue weighted by atomic mass is 16.6. The molecule has 22 heavy (non-hydrogen) atoms. The van der Waals surface area contributed by atoms with Crippen molar-refractivity contribution in [3.8, 4) is 0 Å². The Kier molecular flexibility index (Phi) is 5.84. The lowest BCUT2D eigenvalue weighted by molar-refractivity contribution is -0.176. The number of ether oxygens (including phenoxy) is 2. The van der Waals surface area contributed by atoms with Gasteiger partial charge in [-0.1, -0.05) is 36.4 Å². The highest BCUT2D eigenvalue weighted by Gasteiger charge is 2.56. The van der Waals surface area contributed by atoms with Crippen molar-refractivity contribution in [2.75, 3.05) is 7.11 Å². The van der Waals surface area contributed by atoms with E-state index in [2.05, 4.69) is 11.3 Å². The maximum atomic E-state index is 12.4. The highest BCUT2D eigenvalue weighted by molar-refractivity contribution is 6.01. The van der Waals surface area contributed by atoms with E-state index in [1.54, 1.807) is 12.1 Å². The number of esters is 2. The van der Waals surface area contributed by atoms with Crippen LogP contribution in [-0.4, -0.2) is 24.7 Å². The molecule has 0 radical (unpaired) electrons. The lowest BCUT2D eigenvalue weighted by Gasteiger charge is -2.38. The molecule has 1 rings (SSSR count). The quantitative estimate of drug-likeness (QED) is 0.338. The van der Waals surface area contributed by atoms with Crippen LogP contribution < -0.4 is 11.5 Å². The Balaban J connectivity index is 2.99. The highest BCUT2D eigenvalue weighted by Crippen LogP contribution is 2.32. The third-order valence-electron chi connectivity index (χ3n) is 3.63. The van der Waals surface area contributed by atoms with Crippen molar-refractivity contribution in [3.05, 3.63) is 48.6 Å². The Bertz CT molecular complexity index is 542. The summed E-state index contributed by atoms with van der Waals surface area (Å²) in [7, 11) is 1.16. The summed E-state index contributed by atoms with van der Waals surface area (Å²) in [6, 6.07) is 9.07. The molecule has 0 aliphatic heterocycles. The van der Waals surface area contributed by atoms with Crippen LogP contribution in [0.5, 0.6) is 0 Å². The predicted octanol–water partition coefficient (Wildman–Crippen LogP) is 1.10. The fourth-order valence-corrected chi connectivity index (χ4v) is 1.98. The Morgan fingerprint density at radius 3 is 2.32 bits per heavy atom. The first kappa shape index (κ1) is 17.9. The van der Waals surface area contributed by atoms with Crippen molar-refractivity contribution in [2.24, 2.45) is 16.9 Å². The monoisotopic (exact) mass is 306 g/mol. The van der Waals surface area contributed by atoms with Crippen LogP contribution in [0.25, 0.3) is 0 Å². The van der Waals surface area contributed by atoms with E-state index in [1.165, 1.54) is 13.0 Å². The van der Waals surface area contributed by atoms with Crippen molar-refractivity contribution >= 4 is 11.9 Å². The molecule has 120 valence electrons. The SMILES string of the molecule is C=CCC(N)(N)C(C)(C(=O)OC)C(=O)OCc1ccccc1. The molecule has 0 saturated heterocycles. The third kappa shape index (κ3) is 3.52. The first-order chi connectivity index (χ1) is 10.3. The number of benzene rings is 1. The van der Waals surface area contributed by atoms with E-state index in [0.29, 0.717) is 0 Å². The first-order valence-corrected chi connectivity index (χ1v) is 6.78. The molecule has 6 heteroatoms. The molecule has 0 aliphatic rings. The third-order valence-corrected chi connectivity index (χ3v) is 3.63. The average Bonchev–Trinajstić information content (AvgIpc) is 2.51. The number of rotatable bonds is 7. The summed E-state index contributed by atoms with van der Waals surface area (Å²) in [5.41, 5.74) is 9.18. The minimum absolute atomic E-state index is 0.0103. The number of carbonyl (C=O) groups excluding carboxylic acids is 2. The zero-order valence-corrected chi connectivity index (χ0v) is 12.9. The topological polar surface area (TPSA) is 105 Å². The van der Waals surface area contributed by atoms with Gasteiger partial charge in [-0.2, -0.15) is 0 Å². The van der Waals surface area contributed by atoms with Gasteiger partial charge in [0, 0.05) is 0 Å². The number of hydrogen-bond donors (Lipinski definition) is 2. The smallest absolute Gasteiger partial charge is 0.326 e. The van der Waals surface area contributed by atoms with E-state index in [4.69, 9.17) is 16.2 Å². The van der Waals surface area contributed by atoms with Gasteiger partial charge in [0.25, 0.3) is 0 Å². The largest absolute Gasteiger partial charge is 0.468 e. The average molecular weight is 306 g/mol. The molecular weight excluding hydrogens is 284 g/mol. The minimum Gasteiger partial charge on any atom is -0.468 e. The van der Waals surface area contributed by atoms with Crippen molar-refractivity contribution in [2.45, 2.75) is 25.6 Å². The molecule has 0 heterocycles. The maximum absolute atomic E-state index is 12.4. The molecule has 0 saturated carbocycles. The fraction of sp³-hybridized carbons (Fsp3) is 0.375. The van der Waals surface area contributed by atoms with Crippen molar-refractivity contribution < 1.29 is 19.1 Å². The second kappa shape index (κ2) is 7.20. The fourth-order valence-electron chi connectivity index (χ4n) is 1.98. The zero-order chi connectivity index (χ0) is 16.8. The Morgan fingerprint density at radius 2 is 1.82 bits per heavy atom. The summed E-state index contributed by atoms with van der Waals surface area (Å²) in [5, 5.41) is 0. The Morgan fingerprint density at radius 1 is 1.23 bits per heavy atom. The van der Waals surface area contributed by atoms with Crippen LogP contribution in [-0.2, 0) is 25.7 Å². The standard InChI is InChI=1S/C16H22N2O4/c1-4-10-16(17,18)15(2,13(19)21-3)14(20)22-11-12-8-6-5-7-9-12/h4-9H,1,10-11,17-18H2,2-3H3. The van der Waals surface area contributed by atoms with Gasteiger partial charge in [-0.25, -0.2) is 0 Å². The predicted molar refractivity (Wildman–Crippen MR) is 82.3 cm³/mol. The molecule has 1 aromatic rings. The van der Waals surface area contributed by atoms with E-state index < -0.39 is 23.0 Å². The summed E-state index contributed by atoms with van der Waals surface area (Å²) in [6.07, 6.45) is 1.48. The Hall–Kier alpha value is -2.18. The van der Waals surface area contributed by atoms with Gasteiger partial charge in [0.2, 0.25) is 0 Å². The van der Waals surface area contributed by atoms with Crippen molar-refractivity contribution in [3.63, 3.8) is 0 Å². The van der Waals surface area contributed by atoms with Gasteiger partial charge in [0.1, 0.15) is 6.61 Å². The summed E-state index contributed by atoms with van der Waals surface area (Å²) < 4.78 is 9.90. The summed E-state index contributed by atoms with van der Waals surface area (Å²) in [4.78, 5) is 24.5. The van der Waals surface area contributed by atoms with Crippen LogP contribution in [0.2, 0.25) is 0 Å². The molecule has 0 spiro atoms. The maximum Gasteiger partial charge on any atom is 0.326 e. The van der Waals surface area contributed by atoms with Gasteiger partial charge in [0.05, 0.1) is 12.8 Å². The number of nitrogens with two attached hydrogens (primary N) is 2. The molecule has 0 fully saturated rings.